The van der Waals surface area contributed by atoms with Gasteiger partial charge < -0.3 is 14.1 Å². The number of carbonyl (C=O) groups excluding carboxylic acids is 1. The highest BCUT2D eigenvalue weighted by Crippen LogP contribution is 2.56. The molecule has 132 valence electrons. The van der Waals surface area contributed by atoms with Crippen molar-refractivity contribution in [2.45, 2.75) is 84.1 Å². The fraction of sp³-hybridized carbons (Fsp3) is 0.833. The van der Waals surface area contributed by atoms with Crippen molar-refractivity contribution in [2.75, 3.05) is 13.1 Å². The first-order valence-electron chi connectivity index (χ1n) is 8.54. The summed E-state index contributed by atoms with van der Waals surface area (Å²) in [5.41, 5.74) is 3.23. The molecule has 1 saturated heterocycles. The van der Waals surface area contributed by atoms with Crippen molar-refractivity contribution in [1.82, 2.24) is 4.90 Å². The van der Waals surface area contributed by atoms with Gasteiger partial charge in [0.1, 0.15) is 5.60 Å². The van der Waals surface area contributed by atoms with E-state index >= 15 is 0 Å². The summed E-state index contributed by atoms with van der Waals surface area (Å²) in [7, 11) is -2.08. The standard InChI is InChI=1S/C18H33NO3Si/c1-16(2,3)21-15(20)19-10-13-12-23(17(4,5)6,18(7,8)9)22-14(13)11-19/h12,14H,10-11H2,1-9H3. The molecule has 5 heteroatoms. The van der Waals surface area contributed by atoms with Crippen LogP contribution >= 0.6 is 0 Å². The Hall–Kier alpha value is -0.813. The van der Waals surface area contributed by atoms with Gasteiger partial charge in [0.25, 0.3) is 0 Å². The van der Waals surface area contributed by atoms with Crippen LogP contribution in [0.15, 0.2) is 11.3 Å². The van der Waals surface area contributed by atoms with Gasteiger partial charge in [-0.25, -0.2) is 4.79 Å². The van der Waals surface area contributed by atoms with Gasteiger partial charge in [-0.3, -0.25) is 0 Å². The highest BCUT2D eigenvalue weighted by molar-refractivity contribution is 6.84. The van der Waals surface area contributed by atoms with Crippen molar-refractivity contribution in [3.8, 4) is 0 Å². The second-order valence-electron chi connectivity index (χ2n) is 9.92. The first kappa shape index (κ1) is 18.5. The summed E-state index contributed by atoms with van der Waals surface area (Å²) in [6, 6.07) is 0. The van der Waals surface area contributed by atoms with Gasteiger partial charge in [0, 0.05) is 6.54 Å². The zero-order valence-electron chi connectivity index (χ0n) is 16.2. The Balaban J connectivity index is 2.22. The number of carbonyl (C=O) groups is 1. The normalized spacial score (nSPS) is 24.5. The molecule has 2 aliphatic heterocycles. The van der Waals surface area contributed by atoms with Gasteiger partial charge in [0.15, 0.2) is 0 Å². The van der Waals surface area contributed by atoms with Gasteiger partial charge in [-0.2, -0.15) is 0 Å². The van der Waals surface area contributed by atoms with Crippen molar-refractivity contribution in [2.24, 2.45) is 0 Å². The predicted octanol–water partition coefficient (Wildman–Crippen LogP) is 4.65. The molecular weight excluding hydrogens is 306 g/mol. The number of fused-ring (bicyclic) bond motifs is 1. The largest absolute Gasteiger partial charge is 0.444 e. The summed E-state index contributed by atoms with van der Waals surface area (Å²) in [4.78, 5) is 14.0. The van der Waals surface area contributed by atoms with Crippen LogP contribution in [0.25, 0.3) is 0 Å². The minimum absolute atomic E-state index is 0.0487. The van der Waals surface area contributed by atoms with E-state index in [-0.39, 0.29) is 22.3 Å². The molecule has 4 nitrogen and oxygen atoms in total. The molecule has 1 unspecified atom stereocenters. The van der Waals surface area contributed by atoms with Crippen LogP contribution in [0.4, 0.5) is 4.79 Å². The van der Waals surface area contributed by atoms with E-state index in [1.54, 1.807) is 4.90 Å². The number of likely N-dealkylation sites (tertiary alicyclic amines) is 1. The molecule has 0 saturated carbocycles. The van der Waals surface area contributed by atoms with Gasteiger partial charge in [0.05, 0.1) is 12.6 Å². The Labute approximate surface area is 142 Å². The number of rotatable bonds is 0. The number of hydrogen-bond donors (Lipinski definition) is 0. The SMILES string of the molecule is CC(C)(C)OC(=O)N1CC2=C[Si](C(C)(C)C)(C(C)(C)C)OC2C1. The lowest BCUT2D eigenvalue weighted by molar-refractivity contribution is 0.0272. The van der Waals surface area contributed by atoms with E-state index in [0.29, 0.717) is 13.1 Å². The predicted molar refractivity (Wildman–Crippen MR) is 95.9 cm³/mol. The van der Waals surface area contributed by atoms with E-state index in [1.165, 1.54) is 5.57 Å². The second kappa shape index (κ2) is 5.35. The zero-order chi connectivity index (χ0) is 17.8. The van der Waals surface area contributed by atoms with Crippen molar-refractivity contribution in [3.63, 3.8) is 0 Å². The number of amides is 1. The van der Waals surface area contributed by atoms with Crippen LogP contribution in [0, 0.1) is 0 Å². The Morgan fingerprint density at radius 3 is 2.04 bits per heavy atom. The van der Waals surface area contributed by atoms with Gasteiger partial charge in [0.2, 0.25) is 8.32 Å². The minimum Gasteiger partial charge on any atom is -0.444 e. The minimum atomic E-state index is -2.08. The van der Waals surface area contributed by atoms with Crippen LogP contribution in [-0.2, 0) is 9.16 Å². The third-order valence-corrected chi connectivity index (χ3v) is 10.7. The fourth-order valence-electron chi connectivity index (χ4n) is 3.85. The molecule has 0 aliphatic carbocycles. The summed E-state index contributed by atoms with van der Waals surface area (Å²) < 4.78 is 12.2. The third kappa shape index (κ3) is 3.36. The Morgan fingerprint density at radius 2 is 1.65 bits per heavy atom. The number of hydrogen-bond acceptors (Lipinski definition) is 3. The fourth-order valence-corrected chi connectivity index (χ4v) is 9.22. The van der Waals surface area contributed by atoms with Crippen LogP contribution in [0.3, 0.4) is 0 Å². The monoisotopic (exact) mass is 339 g/mol. The van der Waals surface area contributed by atoms with Gasteiger partial charge in [-0.15, -0.1) is 0 Å². The van der Waals surface area contributed by atoms with E-state index in [9.17, 15) is 4.79 Å². The maximum Gasteiger partial charge on any atom is 0.410 e. The van der Waals surface area contributed by atoms with Crippen molar-refractivity contribution in [3.05, 3.63) is 11.3 Å². The molecule has 0 radical (unpaired) electrons. The molecular formula is C18H33NO3Si. The maximum atomic E-state index is 12.3. The van der Waals surface area contributed by atoms with E-state index in [4.69, 9.17) is 9.16 Å². The quantitative estimate of drug-likeness (QED) is 0.603. The molecule has 0 aromatic rings. The van der Waals surface area contributed by atoms with Crippen LogP contribution in [0.5, 0.6) is 0 Å². The zero-order valence-corrected chi connectivity index (χ0v) is 17.2. The Morgan fingerprint density at radius 1 is 1.13 bits per heavy atom. The first-order valence-corrected chi connectivity index (χ1v) is 10.5. The lowest BCUT2D eigenvalue weighted by Crippen LogP contribution is -2.53. The van der Waals surface area contributed by atoms with Gasteiger partial charge in [-0.1, -0.05) is 47.2 Å². The molecule has 1 fully saturated rings. The third-order valence-electron chi connectivity index (χ3n) is 4.77. The average molecular weight is 340 g/mol. The van der Waals surface area contributed by atoms with Crippen LogP contribution in [-0.4, -0.2) is 44.1 Å². The molecule has 2 rings (SSSR count). The Kier molecular flexibility index (Phi) is 4.31. The molecule has 2 heterocycles. The van der Waals surface area contributed by atoms with Crippen molar-refractivity contribution < 1.29 is 14.0 Å². The summed E-state index contributed by atoms with van der Waals surface area (Å²) in [5.74, 6) is 0. The molecule has 23 heavy (non-hydrogen) atoms. The molecule has 0 spiro atoms. The van der Waals surface area contributed by atoms with Crippen LogP contribution < -0.4 is 0 Å². The Bertz CT molecular complexity index is 506. The highest BCUT2D eigenvalue weighted by atomic mass is 28.4. The first-order chi connectivity index (χ1) is 10.2. The van der Waals surface area contributed by atoms with Crippen molar-refractivity contribution in [1.29, 1.82) is 0 Å². The molecule has 0 aromatic carbocycles. The molecule has 0 bridgehead atoms. The lowest BCUT2D eigenvalue weighted by atomic mass is 10.2. The topological polar surface area (TPSA) is 38.8 Å². The van der Waals surface area contributed by atoms with E-state index in [0.717, 1.165) is 0 Å². The molecule has 0 N–H and O–H groups in total. The van der Waals surface area contributed by atoms with E-state index in [1.807, 2.05) is 20.8 Å². The summed E-state index contributed by atoms with van der Waals surface area (Å²) in [5, 5.41) is 0.249. The molecule has 0 aromatic heterocycles. The van der Waals surface area contributed by atoms with Crippen LogP contribution in [0.1, 0.15) is 62.3 Å². The maximum absolute atomic E-state index is 12.3. The molecule has 1 amide bonds. The number of nitrogens with zero attached hydrogens (tertiary/aromatic N) is 1. The van der Waals surface area contributed by atoms with E-state index in [2.05, 4.69) is 47.2 Å². The van der Waals surface area contributed by atoms with Crippen molar-refractivity contribution >= 4 is 14.4 Å². The summed E-state index contributed by atoms with van der Waals surface area (Å²) in [6.45, 7) is 20.7. The van der Waals surface area contributed by atoms with E-state index < -0.39 is 13.9 Å². The average Bonchev–Trinajstić information content (AvgIpc) is 2.78. The molecule has 1 atom stereocenters. The number of ether oxygens (including phenoxy) is 1. The van der Waals surface area contributed by atoms with Gasteiger partial charge >= 0.3 is 6.09 Å². The second-order valence-corrected chi connectivity index (χ2v) is 14.9. The summed E-state index contributed by atoms with van der Waals surface area (Å²) in [6.07, 6.45) is -0.192. The molecule has 2 aliphatic rings. The van der Waals surface area contributed by atoms with Gasteiger partial charge in [-0.05, 0) is 36.4 Å². The lowest BCUT2D eigenvalue weighted by Gasteiger charge is -2.47. The summed E-state index contributed by atoms with van der Waals surface area (Å²) >= 11 is 0. The smallest absolute Gasteiger partial charge is 0.410 e. The highest BCUT2D eigenvalue weighted by Gasteiger charge is 2.59. The van der Waals surface area contributed by atoms with Crippen LogP contribution in [0.2, 0.25) is 10.1 Å².